The minimum Gasteiger partial charge on any atom is -0.480 e. The van der Waals surface area contributed by atoms with Crippen molar-refractivity contribution in [2.24, 2.45) is 5.73 Å². The van der Waals surface area contributed by atoms with Crippen molar-refractivity contribution in [3.63, 3.8) is 0 Å². The van der Waals surface area contributed by atoms with E-state index >= 15 is 0 Å². The Kier molecular flexibility index (Phi) is 6.61. The molecule has 0 unspecified atom stereocenters. The molecule has 4 N–H and O–H groups in total. The zero-order valence-electron chi connectivity index (χ0n) is 11.1. The molecule has 0 radical (unpaired) electrons. The lowest BCUT2D eigenvalue weighted by atomic mass is 10.1. The van der Waals surface area contributed by atoms with Crippen LogP contribution < -0.4 is 11.1 Å². The minimum absolute atomic E-state index is 0.0405. The molecule has 1 rings (SSSR count). The highest BCUT2D eigenvalue weighted by Gasteiger charge is 2.19. The number of nitrogens with two attached hydrogens (primary N) is 1. The van der Waals surface area contributed by atoms with Crippen molar-refractivity contribution >= 4 is 39.8 Å². The molecule has 7 heteroatoms. The Morgan fingerprint density at radius 1 is 1.38 bits per heavy atom. The molecule has 112 valence electrons. The summed E-state index contributed by atoms with van der Waals surface area (Å²) in [7, 11) is 0. The average molecular weight is 355 g/mol. The van der Waals surface area contributed by atoms with E-state index in [0.29, 0.717) is 0 Å². The fourth-order valence-electron chi connectivity index (χ4n) is 1.55. The van der Waals surface area contributed by atoms with Crippen molar-refractivity contribution < 1.29 is 19.5 Å². The molecule has 0 bridgehead atoms. The van der Waals surface area contributed by atoms with Crippen molar-refractivity contribution in [1.82, 2.24) is 5.32 Å². The van der Waals surface area contributed by atoms with Crippen molar-refractivity contribution in [3.8, 4) is 0 Å². The van der Waals surface area contributed by atoms with Gasteiger partial charge >= 0.3 is 5.97 Å². The number of benzene rings is 1. The van der Waals surface area contributed by atoms with Crippen molar-refractivity contribution in [2.75, 3.05) is 0 Å². The summed E-state index contributed by atoms with van der Waals surface area (Å²) < 4.78 is 0.870. The van der Waals surface area contributed by atoms with Gasteiger partial charge in [0.25, 0.3) is 0 Å². The molecule has 1 aromatic rings. The number of carboxylic acids is 1. The monoisotopic (exact) mass is 354 g/mol. The van der Waals surface area contributed by atoms with Gasteiger partial charge in [-0.15, -0.1) is 0 Å². The van der Waals surface area contributed by atoms with Gasteiger partial charge in [0.2, 0.25) is 11.8 Å². The predicted octanol–water partition coefficient (Wildman–Crippen LogP) is 1.30. The van der Waals surface area contributed by atoms with E-state index in [9.17, 15) is 14.4 Å². The molecule has 0 aliphatic heterocycles. The topological polar surface area (TPSA) is 109 Å². The number of nitrogens with one attached hydrogen (secondary N) is 1. The summed E-state index contributed by atoms with van der Waals surface area (Å²) in [6, 6.07) is 6.13. The SMILES string of the molecule is NC(=O)CC[C@@H](NC(=O)/C=C/c1cccc(Br)c1)C(=O)O. The Bertz CT molecular complexity index is 572. The van der Waals surface area contributed by atoms with E-state index in [-0.39, 0.29) is 12.8 Å². The molecule has 1 atom stereocenters. The van der Waals surface area contributed by atoms with Crippen LogP contribution in [0, 0.1) is 0 Å². The standard InChI is InChI=1S/C14H15BrN2O4/c15-10-3-1-2-9(8-10)4-7-13(19)17-11(14(20)21)5-6-12(16)18/h1-4,7-8,11H,5-6H2,(H2,16,18)(H,17,19)(H,20,21)/b7-4+/t11-/m1/s1. The number of hydrogen-bond acceptors (Lipinski definition) is 3. The molecule has 2 amide bonds. The van der Waals surface area contributed by atoms with Gasteiger partial charge in [-0.3, -0.25) is 9.59 Å². The maximum Gasteiger partial charge on any atom is 0.326 e. The molecule has 6 nitrogen and oxygen atoms in total. The van der Waals surface area contributed by atoms with Gasteiger partial charge in [0.05, 0.1) is 0 Å². The van der Waals surface area contributed by atoms with E-state index in [1.165, 1.54) is 6.08 Å². The Labute approximate surface area is 130 Å². The summed E-state index contributed by atoms with van der Waals surface area (Å²) in [5.74, 6) is -2.37. The molecular formula is C14H15BrN2O4. The number of rotatable bonds is 7. The number of amides is 2. The average Bonchev–Trinajstić information content (AvgIpc) is 2.40. The molecule has 0 saturated carbocycles. The summed E-state index contributed by atoms with van der Waals surface area (Å²) >= 11 is 3.31. The van der Waals surface area contributed by atoms with Gasteiger partial charge in [0.1, 0.15) is 6.04 Å². The number of hydrogen-bond donors (Lipinski definition) is 3. The van der Waals surface area contributed by atoms with Crippen LogP contribution in [0.2, 0.25) is 0 Å². The number of primary amides is 1. The second kappa shape index (κ2) is 8.21. The minimum atomic E-state index is -1.21. The van der Waals surface area contributed by atoms with E-state index < -0.39 is 23.8 Å². The lowest BCUT2D eigenvalue weighted by Gasteiger charge is -2.11. The van der Waals surface area contributed by atoms with Crippen LogP contribution in [-0.2, 0) is 14.4 Å². The normalized spacial score (nSPS) is 12.0. The third-order valence-corrected chi connectivity index (χ3v) is 3.06. The summed E-state index contributed by atoms with van der Waals surface area (Å²) in [4.78, 5) is 33.3. The van der Waals surface area contributed by atoms with E-state index in [1.54, 1.807) is 12.1 Å². The third kappa shape index (κ3) is 6.71. The quantitative estimate of drug-likeness (QED) is 0.641. The highest BCUT2D eigenvalue weighted by Crippen LogP contribution is 2.12. The zero-order valence-corrected chi connectivity index (χ0v) is 12.7. The summed E-state index contributed by atoms with van der Waals surface area (Å²) in [5.41, 5.74) is 5.75. The maximum absolute atomic E-state index is 11.7. The first-order chi connectivity index (χ1) is 9.88. The van der Waals surface area contributed by atoms with Crippen LogP contribution in [-0.4, -0.2) is 28.9 Å². The van der Waals surface area contributed by atoms with E-state index in [1.807, 2.05) is 18.2 Å². The van der Waals surface area contributed by atoms with Gasteiger partial charge < -0.3 is 16.2 Å². The highest BCUT2D eigenvalue weighted by molar-refractivity contribution is 9.10. The van der Waals surface area contributed by atoms with E-state index in [4.69, 9.17) is 10.8 Å². The Balaban J connectivity index is 2.61. The van der Waals surface area contributed by atoms with Crippen LogP contribution in [0.5, 0.6) is 0 Å². The third-order valence-electron chi connectivity index (χ3n) is 2.57. The van der Waals surface area contributed by atoms with Crippen LogP contribution in [0.1, 0.15) is 18.4 Å². The first-order valence-corrected chi connectivity index (χ1v) is 6.93. The molecule has 0 aliphatic carbocycles. The molecule has 0 heterocycles. The molecule has 0 aliphatic rings. The van der Waals surface area contributed by atoms with Crippen molar-refractivity contribution in [1.29, 1.82) is 0 Å². The summed E-state index contributed by atoms with van der Waals surface area (Å²) in [6.07, 6.45) is 2.66. The first-order valence-electron chi connectivity index (χ1n) is 6.13. The van der Waals surface area contributed by atoms with Crippen molar-refractivity contribution in [3.05, 3.63) is 40.4 Å². The Morgan fingerprint density at radius 3 is 2.67 bits per heavy atom. The van der Waals surface area contributed by atoms with Crippen LogP contribution in [0.25, 0.3) is 6.08 Å². The van der Waals surface area contributed by atoms with Crippen LogP contribution in [0.3, 0.4) is 0 Å². The lowest BCUT2D eigenvalue weighted by Crippen LogP contribution is -2.40. The predicted molar refractivity (Wildman–Crippen MR) is 81.2 cm³/mol. The number of carbonyl (C=O) groups excluding carboxylic acids is 2. The van der Waals surface area contributed by atoms with Gasteiger partial charge in [-0.25, -0.2) is 4.79 Å². The number of halogens is 1. The van der Waals surface area contributed by atoms with Crippen LogP contribution in [0.15, 0.2) is 34.8 Å². The molecule has 0 spiro atoms. The zero-order chi connectivity index (χ0) is 15.8. The number of aliphatic carboxylic acids is 1. The number of carboxylic acid groups (broad SMARTS) is 1. The van der Waals surface area contributed by atoms with Gasteiger partial charge in [-0.2, -0.15) is 0 Å². The van der Waals surface area contributed by atoms with Crippen LogP contribution >= 0.6 is 15.9 Å². The van der Waals surface area contributed by atoms with Gasteiger partial charge in [-0.05, 0) is 30.2 Å². The Morgan fingerprint density at radius 2 is 2.10 bits per heavy atom. The molecule has 0 saturated heterocycles. The number of carbonyl (C=O) groups is 3. The first kappa shape index (κ1) is 16.9. The Hall–Kier alpha value is -2.15. The summed E-state index contributed by atoms with van der Waals surface area (Å²) in [6.45, 7) is 0. The fraction of sp³-hybridized carbons (Fsp3) is 0.214. The van der Waals surface area contributed by atoms with Gasteiger partial charge in [-0.1, -0.05) is 28.1 Å². The second-order valence-corrected chi connectivity index (χ2v) is 5.21. The largest absolute Gasteiger partial charge is 0.480 e. The molecule has 0 fully saturated rings. The van der Waals surface area contributed by atoms with Gasteiger partial charge in [0, 0.05) is 17.0 Å². The lowest BCUT2D eigenvalue weighted by molar-refractivity contribution is -0.141. The van der Waals surface area contributed by atoms with Gasteiger partial charge in [0.15, 0.2) is 0 Å². The molecule has 0 aromatic heterocycles. The molecule has 21 heavy (non-hydrogen) atoms. The fourth-order valence-corrected chi connectivity index (χ4v) is 1.96. The molecular weight excluding hydrogens is 340 g/mol. The van der Waals surface area contributed by atoms with E-state index in [2.05, 4.69) is 21.2 Å². The van der Waals surface area contributed by atoms with E-state index in [0.717, 1.165) is 10.0 Å². The molecule has 1 aromatic carbocycles. The highest BCUT2D eigenvalue weighted by atomic mass is 79.9. The smallest absolute Gasteiger partial charge is 0.326 e. The maximum atomic E-state index is 11.7. The van der Waals surface area contributed by atoms with Crippen LogP contribution in [0.4, 0.5) is 0 Å². The van der Waals surface area contributed by atoms with Crippen molar-refractivity contribution in [2.45, 2.75) is 18.9 Å². The summed E-state index contributed by atoms with van der Waals surface area (Å²) in [5, 5.41) is 11.3. The second-order valence-electron chi connectivity index (χ2n) is 4.29.